The number of nitrogens with zero attached hydrogens (tertiary/aromatic N) is 7. The van der Waals surface area contributed by atoms with E-state index in [-0.39, 0.29) is 180 Å². The van der Waals surface area contributed by atoms with E-state index in [9.17, 15) is 51.9 Å². The Morgan fingerprint density at radius 1 is 0.400 bits per heavy atom. The number of nitrogens with one attached hydrogen (secondary N) is 2. The number of aromatic nitrogens is 3. The molecule has 0 saturated carbocycles. The molecule has 7 rings (SSSR count). The second-order valence-electron chi connectivity index (χ2n) is 12.4. The molecule has 0 bridgehead atoms. The van der Waals surface area contributed by atoms with Crippen LogP contribution in [0.4, 0.5) is 46.0 Å². The number of rotatable bonds is 12. The molecular weight excluding hydrogens is 994 g/mol. The second-order valence-corrected chi connectivity index (χ2v) is 18.1. The Morgan fingerprint density at radius 3 is 1.05 bits per heavy atom. The molecule has 0 aliphatic carbocycles. The molecule has 0 saturated heterocycles. The number of azo groups is 2. The van der Waals surface area contributed by atoms with Crippen LogP contribution in [0.5, 0.6) is 0 Å². The Labute approximate surface area is 463 Å². The monoisotopic (exact) mass is 1010 g/mol. The van der Waals surface area contributed by atoms with Gasteiger partial charge < -0.3 is 28.8 Å². The van der Waals surface area contributed by atoms with Crippen LogP contribution < -0.4 is 129 Å². The van der Waals surface area contributed by atoms with E-state index in [0.29, 0.717) is 11.4 Å². The maximum Gasteiger partial charge on any atom is 1.00 e. The van der Waals surface area contributed by atoms with Crippen LogP contribution in [0.25, 0.3) is 21.5 Å². The first-order chi connectivity index (χ1) is 28.6. The number of halogens is 1. The molecule has 0 aliphatic rings. The Balaban J connectivity index is 0.00000281. The molecule has 65 heavy (non-hydrogen) atoms. The summed E-state index contributed by atoms with van der Waals surface area (Å²) < 4.78 is 143. The molecule has 0 radical (unpaired) electrons. The van der Waals surface area contributed by atoms with Gasteiger partial charge in [0, 0.05) is 32.9 Å². The number of anilines is 4. The van der Waals surface area contributed by atoms with Gasteiger partial charge in [0.05, 0.1) is 42.3 Å². The molecule has 6 aromatic carbocycles. The minimum Gasteiger partial charge on any atom is -0.744 e. The zero-order chi connectivity index (χ0) is 43.9. The van der Waals surface area contributed by atoms with Gasteiger partial charge in [0.15, 0.2) is 0 Å². The van der Waals surface area contributed by atoms with Crippen LogP contribution in [0.3, 0.4) is 0 Å². The van der Waals surface area contributed by atoms with Crippen molar-refractivity contribution >= 4 is 120 Å². The number of hydrogen-bond donors (Lipinski definition) is 2. The smallest absolute Gasteiger partial charge is 0.744 e. The van der Waals surface area contributed by atoms with Crippen LogP contribution in [-0.2, 0) is 40.5 Å². The van der Waals surface area contributed by atoms with E-state index in [0.717, 1.165) is 48.5 Å². The van der Waals surface area contributed by atoms with Gasteiger partial charge in [0.1, 0.15) is 40.5 Å². The summed E-state index contributed by atoms with van der Waals surface area (Å²) in [6.45, 7) is 0. The van der Waals surface area contributed by atoms with E-state index in [2.05, 4.69) is 46.0 Å². The number of hydrogen-bond acceptors (Lipinski definition) is 21. The van der Waals surface area contributed by atoms with Crippen LogP contribution in [0.15, 0.2) is 149 Å². The Kier molecular flexibility index (Phi) is 20.0. The Bertz CT molecular complexity index is 3230. The van der Waals surface area contributed by atoms with Crippen molar-refractivity contribution in [1.82, 2.24) is 15.0 Å². The molecule has 312 valence electrons. The van der Waals surface area contributed by atoms with Crippen LogP contribution in [-0.4, -0.2) is 66.8 Å². The summed E-state index contributed by atoms with van der Waals surface area (Å²) in [6, 6.07) is 22.8. The summed E-state index contributed by atoms with van der Waals surface area (Å²) in [5.74, 6) is 0.0217. The maximum atomic E-state index is 12.0. The summed E-state index contributed by atoms with van der Waals surface area (Å²) in [7, 11) is -20.3. The van der Waals surface area contributed by atoms with Crippen LogP contribution >= 0.6 is 11.6 Å². The summed E-state index contributed by atoms with van der Waals surface area (Å²) in [5, 5.41) is 20.4. The minimum atomic E-state index is -5.12. The first-order valence-corrected chi connectivity index (χ1v) is 22.6. The molecule has 0 aliphatic heterocycles. The van der Waals surface area contributed by atoms with E-state index < -0.39 is 60.1 Å². The topological polar surface area (TPSA) is 341 Å². The Hall–Kier alpha value is -2.42. The molecule has 1 aromatic heterocycles. The van der Waals surface area contributed by atoms with E-state index >= 15 is 0 Å². The van der Waals surface area contributed by atoms with Gasteiger partial charge in [-0.15, -0.1) is 0 Å². The van der Waals surface area contributed by atoms with Crippen LogP contribution in [0.1, 0.15) is 0 Å². The van der Waals surface area contributed by atoms with Crippen molar-refractivity contribution in [3.63, 3.8) is 0 Å². The Morgan fingerprint density at radius 2 is 0.723 bits per heavy atom. The molecule has 0 spiro atoms. The van der Waals surface area contributed by atoms with Crippen molar-refractivity contribution in [2.45, 2.75) is 19.6 Å². The van der Waals surface area contributed by atoms with Gasteiger partial charge in [-0.1, -0.05) is 24.3 Å². The number of fused-ring (bicyclic) bond motifs is 2. The predicted molar refractivity (Wildman–Crippen MR) is 212 cm³/mol. The molecule has 2 N–H and O–H groups in total. The molecular formula is C35H20ClN9Na4O12S4. The van der Waals surface area contributed by atoms with Gasteiger partial charge in [0.25, 0.3) is 0 Å². The van der Waals surface area contributed by atoms with Crippen molar-refractivity contribution < 1.29 is 170 Å². The molecule has 0 amide bonds. The van der Waals surface area contributed by atoms with Crippen molar-refractivity contribution in [2.24, 2.45) is 20.5 Å². The fourth-order valence-electron chi connectivity index (χ4n) is 5.76. The first kappa shape index (κ1) is 56.9. The summed E-state index contributed by atoms with van der Waals surface area (Å²) in [4.78, 5) is 9.33. The van der Waals surface area contributed by atoms with Gasteiger partial charge in [-0.3, -0.25) is 0 Å². The van der Waals surface area contributed by atoms with Crippen molar-refractivity contribution in [3.05, 3.63) is 114 Å². The fraction of sp³-hybridized carbons (Fsp3) is 0. The van der Waals surface area contributed by atoms with Gasteiger partial charge in [-0.25, -0.2) is 33.7 Å². The van der Waals surface area contributed by atoms with Gasteiger partial charge in [-0.05, 0) is 96.5 Å². The summed E-state index contributed by atoms with van der Waals surface area (Å²) in [5.41, 5.74) is 0.925. The van der Waals surface area contributed by atoms with Gasteiger partial charge in [-0.2, -0.15) is 35.4 Å². The number of benzene rings is 6. The maximum absolute atomic E-state index is 12.0. The van der Waals surface area contributed by atoms with E-state index in [1.165, 1.54) is 36.4 Å². The average molecular weight is 1010 g/mol. The molecule has 0 atom stereocenters. The normalized spacial score (nSPS) is 12.0. The van der Waals surface area contributed by atoms with E-state index in [4.69, 9.17) is 11.6 Å². The standard InChI is InChI=1S/C35H24ClN9O12S4.4Na/c36-33-39-34(37-19-7-11-21(12-8-19)42-44-23-15-27-25(31(17-23)60(52,53)54)3-1-5-29(27)58(46,47)48)41-35(40-33)38-20-9-13-22(14-10-20)43-45-24-16-28-26(32(18-24)61(55,56)57)4-2-6-30(28)59(49,50)51;;;;/h1-18H,(H,46,47,48)(H,49,50,51)(H,52,53,54)(H,55,56,57)(H2,37,38,39,40,41);;;;/q;4*+1/p-4. The molecule has 1 heterocycles. The van der Waals surface area contributed by atoms with Crippen molar-refractivity contribution in [2.75, 3.05) is 10.6 Å². The largest absolute Gasteiger partial charge is 1.00 e. The predicted octanol–water partition coefficient (Wildman–Crippen LogP) is -5.22. The van der Waals surface area contributed by atoms with Crippen LogP contribution in [0.2, 0.25) is 5.28 Å². The van der Waals surface area contributed by atoms with Crippen molar-refractivity contribution in [3.8, 4) is 0 Å². The first-order valence-electron chi connectivity index (χ1n) is 16.6. The molecule has 7 aromatic rings. The third kappa shape index (κ3) is 14.3. The zero-order valence-electron chi connectivity index (χ0n) is 33.9. The van der Waals surface area contributed by atoms with Crippen LogP contribution in [0, 0.1) is 0 Å². The zero-order valence-corrected chi connectivity index (χ0v) is 46.0. The van der Waals surface area contributed by atoms with E-state index in [1.807, 2.05) is 0 Å². The quantitative estimate of drug-likeness (QED) is 0.0656. The van der Waals surface area contributed by atoms with Gasteiger partial charge in [0.2, 0.25) is 17.2 Å². The summed E-state index contributed by atoms with van der Waals surface area (Å²) >= 11 is 6.14. The third-order valence-corrected chi connectivity index (χ3v) is 12.0. The average Bonchev–Trinajstić information content (AvgIpc) is 3.17. The second kappa shape index (κ2) is 22.8. The van der Waals surface area contributed by atoms with Gasteiger partial charge >= 0.3 is 118 Å². The molecule has 0 unspecified atom stereocenters. The molecule has 21 nitrogen and oxygen atoms in total. The fourth-order valence-corrected chi connectivity index (χ4v) is 8.71. The summed E-state index contributed by atoms with van der Waals surface area (Å²) in [6.07, 6.45) is 0. The SMILES string of the molecule is O=S(=O)([O-])c1cc(N=Nc2ccc(Nc3nc(Cl)nc(Nc4ccc(N=Nc5cc(S(=O)(=O)[O-])c6cccc(S(=O)(=O)[O-])c6c5)cc4)n3)cc2)cc2c(S(=O)(=O)[O-])cccc12.[Na+].[Na+].[Na+].[Na+]. The molecule has 0 fully saturated rings. The van der Waals surface area contributed by atoms with E-state index in [1.54, 1.807) is 24.3 Å². The van der Waals surface area contributed by atoms with Crippen molar-refractivity contribution in [1.29, 1.82) is 0 Å². The minimum absolute atomic E-state index is 0. The third-order valence-electron chi connectivity index (χ3n) is 8.30. The molecule has 30 heteroatoms.